The van der Waals surface area contributed by atoms with Gasteiger partial charge in [0.25, 0.3) is 10.0 Å². The number of nitrogens with zero attached hydrogens (tertiary/aromatic N) is 2. The molecule has 8 nitrogen and oxygen atoms in total. The summed E-state index contributed by atoms with van der Waals surface area (Å²) in [5.74, 6) is -0.955. The van der Waals surface area contributed by atoms with E-state index >= 15 is 0 Å². The molecule has 0 bridgehead atoms. The van der Waals surface area contributed by atoms with Crippen LogP contribution in [0.3, 0.4) is 0 Å². The van der Waals surface area contributed by atoms with Gasteiger partial charge in [0.1, 0.15) is 24.2 Å². The summed E-state index contributed by atoms with van der Waals surface area (Å²) in [7, 11) is -4.26. The van der Waals surface area contributed by atoms with E-state index in [1.54, 1.807) is 6.92 Å². The molecule has 0 fully saturated rings. The molecule has 1 unspecified atom stereocenters. The molecule has 2 amide bonds. The van der Waals surface area contributed by atoms with Gasteiger partial charge in [0.2, 0.25) is 11.8 Å². The standard InChI is InChI=1S/C31H38FN3O5S/c1-5-7-20-33-31(37)24(4)34(21-25-10-8-23(3)9-11-25)30(36)22-35(27-14-12-26(32)13-15-27)41(38,39)29-18-16-28(17-19-29)40-6-2/h8-19,24H,5-7,20-22H2,1-4H3,(H,33,37). The van der Waals surface area contributed by atoms with Gasteiger partial charge in [0.15, 0.2) is 0 Å². The molecule has 0 aliphatic rings. The van der Waals surface area contributed by atoms with Crippen LogP contribution < -0.4 is 14.4 Å². The quantitative estimate of drug-likeness (QED) is 0.268. The van der Waals surface area contributed by atoms with E-state index in [9.17, 15) is 22.4 Å². The minimum Gasteiger partial charge on any atom is -0.494 e. The van der Waals surface area contributed by atoms with Gasteiger partial charge in [0, 0.05) is 13.1 Å². The second-order valence-electron chi connectivity index (χ2n) is 9.72. The van der Waals surface area contributed by atoms with Crippen LogP contribution in [0.5, 0.6) is 5.75 Å². The number of aryl methyl sites for hydroxylation is 1. The number of carbonyl (C=O) groups is 2. The molecular formula is C31H38FN3O5S. The van der Waals surface area contributed by atoms with Gasteiger partial charge in [-0.25, -0.2) is 12.8 Å². The zero-order valence-electron chi connectivity index (χ0n) is 24.0. The van der Waals surface area contributed by atoms with Gasteiger partial charge in [-0.3, -0.25) is 13.9 Å². The summed E-state index contributed by atoms with van der Waals surface area (Å²) in [5.41, 5.74) is 1.95. The maximum atomic E-state index is 13.9. The molecule has 0 aromatic heterocycles. The van der Waals surface area contributed by atoms with Crippen molar-refractivity contribution >= 4 is 27.5 Å². The molecule has 0 heterocycles. The number of rotatable bonds is 14. The summed E-state index contributed by atoms with van der Waals surface area (Å²) in [5, 5.41) is 2.86. The van der Waals surface area contributed by atoms with Gasteiger partial charge in [-0.2, -0.15) is 0 Å². The van der Waals surface area contributed by atoms with Crippen molar-refractivity contribution in [3.05, 3.63) is 89.7 Å². The molecule has 0 saturated heterocycles. The van der Waals surface area contributed by atoms with Crippen LogP contribution >= 0.6 is 0 Å². The number of halogens is 1. The summed E-state index contributed by atoms with van der Waals surface area (Å²) in [6.45, 7) is 7.79. The Morgan fingerprint density at radius 3 is 2.17 bits per heavy atom. The third kappa shape index (κ3) is 8.53. The largest absolute Gasteiger partial charge is 0.494 e. The Bertz CT molecular complexity index is 1400. The number of hydrogen-bond donors (Lipinski definition) is 1. The van der Waals surface area contributed by atoms with Crippen LogP contribution in [0.4, 0.5) is 10.1 Å². The predicted octanol–water partition coefficient (Wildman–Crippen LogP) is 5.06. The molecule has 3 rings (SSSR count). The van der Waals surface area contributed by atoms with Crippen molar-refractivity contribution in [2.45, 2.75) is 58.0 Å². The second kappa shape index (κ2) is 14.6. The number of hydrogen-bond acceptors (Lipinski definition) is 5. The molecule has 3 aromatic rings. The maximum Gasteiger partial charge on any atom is 0.264 e. The van der Waals surface area contributed by atoms with Crippen LogP contribution in [0.15, 0.2) is 77.7 Å². The van der Waals surface area contributed by atoms with E-state index in [-0.39, 0.29) is 23.0 Å². The molecule has 0 saturated carbocycles. The first kappa shape index (κ1) is 31.6. The lowest BCUT2D eigenvalue weighted by molar-refractivity contribution is -0.139. The minimum atomic E-state index is -4.26. The first-order valence-corrected chi connectivity index (χ1v) is 15.1. The van der Waals surface area contributed by atoms with Gasteiger partial charge in [0.05, 0.1) is 17.2 Å². The Kier molecular flexibility index (Phi) is 11.3. The lowest BCUT2D eigenvalue weighted by atomic mass is 10.1. The van der Waals surface area contributed by atoms with E-state index < -0.39 is 34.3 Å². The van der Waals surface area contributed by atoms with Crippen molar-refractivity contribution in [2.75, 3.05) is 24.0 Å². The zero-order valence-corrected chi connectivity index (χ0v) is 24.8. The fourth-order valence-electron chi connectivity index (χ4n) is 4.15. The highest BCUT2D eigenvalue weighted by Crippen LogP contribution is 2.26. The lowest BCUT2D eigenvalue weighted by Crippen LogP contribution is -2.51. The van der Waals surface area contributed by atoms with Crippen molar-refractivity contribution in [1.82, 2.24) is 10.2 Å². The molecule has 10 heteroatoms. The second-order valence-corrected chi connectivity index (χ2v) is 11.6. The highest BCUT2D eigenvalue weighted by atomic mass is 32.2. The van der Waals surface area contributed by atoms with E-state index in [1.807, 2.05) is 45.0 Å². The summed E-state index contributed by atoms with van der Waals surface area (Å²) < 4.78 is 47.9. The molecule has 1 N–H and O–H groups in total. The Morgan fingerprint density at radius 2 is 1.59 bits per heavy atom. The fraction of sp³-hybridized carbons (Fsp3) is 0.355. The number of unbranched alkanes of at least 4 members (excludes halogenated alkanes) is 1. The number of sulfonamides is 1. The number of anilines is 1. The number of carbonyl (C=O) groups excluding carboxylic acids is 2. The number of nitrogens with one attached hydrogen (secondary N) is 1. The van der Waals surface area contributed by atoms with Gasteiger partial charge in [-0.15, -0.1) is 0 Å². The van der Waals surface area contributed by atoms with Crippen molar-refractivity contribution < 1.29 is 27.1 Å². The highest BCUT2D eigenvalue weighted by Gasteiger charge is 2.32. The van der Waals surface area contributed by atoms with Gasteiger partial charge in [-0.1, -0.05) is 43.2 Å². The molecule has 1 atom stereocenters. The smallest absolute Gasteiger partial charge is 0.264 e. The van der Waals surface area contributed by atoms with Crippen molar-refractivity contribution in [1.29, 1.82) is 0 Å². The van der Waals surface area contributed by atoms with Crippen molar-refractivity contribution in [2.24, 2.45) is 0 Å². The van der Waals surface area contributed by atoms with Crippen molar-refractivity contribution in [3.63, 3.8) is 0 Å². The topological polar surface area (TPSA) is 96.0 Å². The summed E-state index contributed by atoms with van der Waals surface area (Å²) in [4.78, 5) is 28.2. The molecule has 0 aliphatic heterocycles. The third-order valence-electron chi connectivity index (χ3n) is 6.59. The monoisotopic (exact) mass is 583 g/mol. The number of benzene rings is 3. The Labute approximate surface area is 242 Å². The minimum absolute atomic E-state index is 0.0616. The normalized spacial score (nSPS) is 11.9. The van der Waals surface area contributed by atoms with Gasteiger partial charge < -0.3 is 15.0 Å². The molecule has 220 valence electrons. The van der Waals surface area contributed by atoms with Crippen LogP contribution in [0.25, 0.3) is 0 Å². The summed E-state index contributed by atoms with van der Waals surface area (Å²) in [6.07, 6.45) is 1.69. The lowest BCUT2D eigenvalue weighted by Gasteiger charge is -2.32. The zero-order chi connectivity index (χ0) is 30.0. The molecule has 41 heavy (non-hydrogen) atoms. The van der Waals surface area contributed by atoms with Crippen LogP contribution in [0.2, 0.25) is 0 Å². The first-order chi connectivity index (χ1) is 19.6. The number of ether oxygens (including phenoxy) is 1. The Hall–Kier alpha value is -3.92. The maximum absolute atomic E-state index is 13.9. The molecule has 0 spiro atoms. The summed E-state index contributed by atoms with van der Waals surface area (Å²) in [6, 6.07) is 17.4. The van der Waals surface area contributed by atoms with Crippen LogP contribution in [0, 0.1) is 12.7 Å². The highest BCUT2D eigenvalue weighted by molar-refractivity contribution is 7.92. The van der Waals surface area contributed by atoms with Gasteiger partial charge >= 0.3 is 0 Å². The predicted molar refractivity (Wildman–Crippen MR) is 158 cm³/mol. The first-order valence-electron chi connectivity index (χ1n) is 13.7. The Morgan fingerprint density at radius 1 is 0.951 bits per heavy atom. The molecule has 0 aliphatic carbocycles. The average molecular weight is 584 g/mol. The average Bonchev–Trinajstić information content (AvgIpc) is 2.96. The third-order valence-corrected chi connectivity index (χ3v) is 8.37. The van der Waals surface area contributed by atoms with E-state index in [2.05, 4.69) is 5.32 Å². The number of amides is 2. The molecular weight excluding hydrogens is 545 g/mol. The van der Waals surface area contributed by atoms with Gasteiger partial charge in [-0.05, 0) is 81.3 Å². The summed E-state index contributed by atoms with van der Waals surface area (Å²) >= 11 is 0. The Balaban J connectivity index is 1.98. The van der Waals surface area contributed by atoms with Crippen LogP contribution in [-0.4, -0.2) is 50.9 Å². The van der Waals surface area contributed by atoms with Crippen LogP contribution in [-0.2, 0) is 26.2 Å². The van der Waals surface area contributed by atoms with E-state index in [1.165, 1.54) is 41.3 Å². The van der Waals surface area contributed by atoms with E-state index in [0.29, 0.717) is 18.9 Å². The fourth-order valence-corrected chi connectivity index (χ4v) is 5.56. The van der Waals surface area contributed by atoms with E-state index in [4.69, 9.17) is 4.74 Å². The van der Waals surface area contributed by atoms with E-state index in [0.717, 1.165) is 40.4 Å². The molecule has 0 radical (unpaired) electrons. The van der Waals surface area contributed by atoms with Crippen LogP contribution in [0.1, 0.15) is 44.7 Å². The SMILES string of the molecule is CCCCNC(=O)C(C)N(Cc1ccc(C)cc1)C(=O)CN(c1ccc(F)cc1)S(=O)(=O)c1ccc(OCC)cc1. The van der Waals surface area contributed by atoms with Crippen molar-refractivity contribution in [3.8, 4) is 5.75 Å². The molecule has 3 aromatic carbocycles.